The number of rotatable bonds is 2. The topological polar surface area (TPSA) is 38.8 Å². The Morgan fingerprint density at radius 2 is 2.00 bits per heavy atom. The number of likely N-dealkylation sites (tertiary alicyclic amines) is 1. The number of methoxy groups -OCH3 is 1. The van der Waals surface area contributed by atoms with Gasteiger partial charge in [-0.15, -0.1) is 0 Å². The molecule has 1 fully saturated rings. The molecule has 4 heteroatoms. The van der Waals surface area contributed by atoms with Gasteiger partial charge >= 0.3 is 5.97 Å². The van der Waals surface area contributed by atoms with Crippen molar-refractivity contribution in [2.75, 3.05) is 20.7 Å². The zero-order chi connectivity index (χ0) is 16.8. The molecule has 1 heterocycles. The molecule has 0 aromatic rings. The van der Waals surface area contributed by atoms with Crippen molar-refractivity contribution in [3.8, 4) is 0 Å². The molecule has 0 radical (unpaired) electrons. The second-order valence-corrected chi connectivity index (χ2v) is 8.35. The van der Waals surface area contributed by atoms with Gasteiger partial charge in [-0.2, -0.15) is 0 Å². The number of likely N-dealkylation sites (N-methyl/N-ethyl adjacent to an activating group) is 1. The lowest BCUT2D eigenvalue weighted by atomic mass is 9.67. The molecule has 0 aromatic carbocycles. The number of nitrogens with zero attached hydrogens (tertiary/aromatic N) is 1. The van der Waals surface area contributed by atoms with Gasteiger partial charge in [0.25, 0.3) is 0 Å². The molecule has 0 saturated carbocycles. The summed E-state index contributed by atoms with van der Waals surface area (Å²) in [6.07, 6.45) is 5.33. The van der Waals surface area contributed by atoms with Crippen molar-refractivity contribution in [1.29, 1.82) is 0 Å². The zero-order valence-corrected chi connectivity index (χ0v) is 15.2. The van der Waals surface area contributed by atoms with E-state index in [0.717, 1.165) is 31.6 Å². The molecule has 0 bridgehead atoms. The van der Waals surface area contributed by atoms with Gasteiger partial charge in [-0.25, -0.2) is 0 Å². The Kier molecular flexibility index (Phi) is 4.48. The third-order valence-electron chi connectivity index (χ3n) is 5.54. The highest BCUT2D eigenvalue weighted by molar-refractivity contribution is 5.76. The van der Waals surface area contributed by atoms with Crippen LogP contribution in [0.25, 0.3) is 0 Å². The van der Waals surface area contributed by atoms with Crippen LogP contribution in [0.1, 0.15) is 53.9 Å². The number of carbonyl (C=O) groups is 1. The Morgan fingerprint density at radius 1 is 1.36 bits per heavy atom. The summed E-state index contributed by atoms with van der Waals surface area (Å²) < 4.78 is 11.4. The Bertz CT molecular complexity index is 475. The maximum absolute atomic E-state index is 12.2. The van der Waals surface area contributed by atoms with Crippen molar-refractivity contribution in [3.05, 3.63) is 11.8 Å². The molecule has 1 spiro atoms. The van der Waals surface area contributed by atoms with E-state index < -0.39 is 5.41 Å². The predicted molar refractivity (Wildman–Crippen MR) is 87.4 cm³/mol. The third kappa shape index (κ3) is 2.71. The van der Waals surface area contributed by atoms with Crippen LogP contribution in [0.3, 0.4) is 0 Å². The van der Waals surface area contributed by atoms with Crippen LogP contribution in [0.2, 0.25) is 0 Å². The van der Waals surface area contributed by atoms with E-state index >= 15 is 0 Å². The first-order valence-corrected chi connectivity index (χ1v) is 8.22. The lowest BCUT2D eigenvalue weighted by Crippen LogP contribution is -2.51. The van der Waals surface area contributed by atoms with Crippen LogP contribution in [0.5, 0.6) is 0 Å². The molecule has 1 aliphatic carbocycles. The van der Waals surface area contributed by atoms with Crippen LogP contribution < -0.4 is 0 Å². The van der Waals surface area contributed by atoms with Gasteiger partial charge in [0.2, 0.25) is 0 Å². The van der Waals surface area contributed by atoms with Crippen molar-refractivity contribution in [1.82, 2.24) is 4.90 Å². The summed E-state index contributed by atoms with van der Waals surface area (Å²) >= 11 is 0. The lowest BCUT2D eigenvalue weighted by Gasteiger charge is -2.46. The normalized spacial score (nSPS) is 32.1. The van der Waals surface area contributed by atoms with E-state index in [4.69, 9.17) is 9.47 Å². The smallest absolute Gasteiger partial charge is 0.316 e. The first-order chi connectivity index (χ1) is 10.0. The molecular weight excluding hydrogens is 278 g/mol. The number of ether oxygens (including phenoxy) is 2. The quantitative estimate of drug-likeness (QED) is 0.733. The van der Waals surface area contributed by atoms with Crippen molar-refractivity contribution in [2.24, 2.45) is 10.8 Å². The van der Waals surface area contributed by atoms with Crippen molar-refractivity contribution in [3.63, 3.8) is 0 Å². The van der Waals surface area contributed by atoms with Gasteiger partial charge in [0, 0.05) is 25.5 Å². The molecule has 4 nitrogen and oxygen atoms in total. The van der Waals surface area contributed by atoms with E-state index in [9.17, 15) is 4.79 Å². The molecule has 1 saturated heterocycles. The van der Waals surface area contributed by atoms with Crippen LogP contribution in [0.15, 0.2) is 11.8 Å². The van der Waals surface area contributed by atoms with E-state index in [1.165, 1.54) is 0 Å². The fourth-order valence-electron chi connectivity index (χ4n) is 3.88. The van der Waals surface area contributed by atoms with E-state index in [0.29, 0.717) is 0 Å². The third-order valence-corrected chi connectivity index (χ3v) is 5.54. The van der Waals surface area contributed by atoms with Gasteiger partial charge < -0.3 is 9.47 Å². The molecule has 1 aliphatic heterocycles. The highest BCUT2D eigenvalue weighted by Crippen LogP contribution is 2.52. The minimum absolute atomic E-state index is 0.0175. The van der Waals surface area contributed by atoms with E-state index in [1.54, 1.807) is 7.11 Å². The maximum atomic E-state index is 12.2. The molecule has 22 heavy (non-hydrogen) atoms. The summed E-state index contributed by atoms with van der Waals surface area (Å²) in [4.78, 5) is 14.6. The number of hydrogen-bond donors (Lipinski definition) is 0. The molecule has 0 aromatic heterocycles. The standard InChI is InChI=1S/C18H31NO3/c1-16(2,3)15(20)22-13-9-8-10-18(11-13)17(4,5)14(21-7)12-19(18)6/h11,14H,8-10,12H2,1-7H3/t14?,18-/m1/s1. The average molecular weight is 309 g/mol. The highest BCUT2D eigenvalue weighted by Gasteiger charge is 2.57. The fourth-order valence-corrected chi connectivity index (χ4v) is 3.88. The van der Waals surface area contributed by atoms with Crippen LogP contribution >= 0.6 is 0 Å². The number of esters is 1. The summed E-state index contributed by atoms with van der Waals surface area (Å²) in [5.41, 5.74) is -0.590. The summed E-state index contributed by atoms with van der Waals surface area (Å²) in [6, 6.07) is 0. The highest BCUT2D eigenvalue weighted by atomic mass is 16.5. The Morgan fingerprint density at radius 3 is 2.50 bits per heavy atom. The van der Waals surface area contributed by atoms with Crippen molar-refractivity contribution in [2.45, 2.75) is 65.5 Å². The van der Waals surface area contributed by atoms with Gasteiger partial charge in [-0.3, -0.25) is 9.69 Å². The van der Waals surface area contributed by atoms with Crippen LogP contribution in [0.4, 0.5) is 0 Å². The fraction of sp³-hybridized carbons (Fsp3) is 0.833. The molecule has 1 unspecified atom stereocenters. The summed E-state index contributed by atoms with van der Waals surface area (Å²) in [6.45, 7) is 11.1. The summed E-state index contributed by atoms with van der Waals surface area (Å²) in [5, 5.41) is 0. The Labute approximate surface area is 134 Å². The second kappa shape index (κ2) is 5.64. The first kappa shape index (κ1) is 17.5. The summed E-state index contributed by atoms with van der Waals surface area (Å²) in [7, 11) is 3.93. The largest absolute Gasteiger partial charge is 0.431 e. The maximum Gasteiger partial charge on any atom is 0.316 e. The molecule has 2 aliphatic rings. The molecular formula is C18H31NO3. The zero-order valence-electron chi connectivity index (χ0n) is 15.2. The number of carbonyl (C=O) groups excluding carboxylic acids is 1. The molecule has 0 amide bonds. The molecule has 0 N–H and O–H groups in total. The van der Waals surface area contributed by atoms with Crippen LogP contribution in [0, 0.1) is 10.8 Å². The second-order valence-electron chi connectivity index (χ2n) is 8.35. The minimum Gasteiger partial charge on any atom is -0.431 e. The first-order valence-electron chi connectivity index (χ1n) is 8.22. The van der Waals surface area contributed by atoms with E-state index in [1.807, 2.05) is 20.8 Å². The van der Waals surface area contributed by atoms with Gasteiger partial charge in [-0.1, -0.05) is 13.8 Å². The van der Waals surface area contributed by atoms with Gasteiger partial charge in [-0.05, 0) is 46.7 Å². The van der Waals surface area contributed by atoms with Gasteiger partial charge in [0.15, 0.2) is 0 Å². The van der Waals surface area contributed by atoms with Gasteiger partial charge in [0.1, 0.15) is 5.76 Å². The molecule has 126 valence electrons. The van der Waals surface area contributed by atoms with Crippen LogP contribution in [-0.2, 0) is 14.3 Å². The van der Waals surface area contributed by atoms with Crippen LogP contribution in [-0.4, -0.2) is 43.2 Å². The van der Waals surface area contributed by atoms with E-state index in [-0.39, 0.29) is 23.0 Å². The Balaban J connectivity index is 2.31. The predicted octanol–water partition coefficient (Wildman–Crippen LogP) is 3.37. The van der Waals surface area contributed by atoms with Crippen molar-refractivity contribution < 1.29 is 14.3 Å². The van der Waals surface area contributed by atoms with Crippen molar-refractivity contribution >= 4 is 5.97 Å². The minimum atomic E-state index is -0.475. The van der Waals surface area contributed by atoms with E-state index in [2.05, 4.69) is 31.9 Å². The number of hydrogen-bond acceptors (Lipinski definition) is 4. The summed E-state index contributed by atoms with van der Waals surface area (Å²) in [5.74, 6) is 0.667. The monoisotopic (exact) mass is 309 g/mol. The molecule has 2 rings (SSSR count). The average Bonchev–Trinajstić information content (AvgIpc) is 2.59. The molecule has 2 atom stereocenters. The lowest BCUT2D eigenvalue weighted by molar-refractivity contribution is -0.149. The number of allylic oxidation sites excluding steroid dienone is 1. The Hall–Kier alpha value is -0.870. The SMILES string of the molecule is COC1CN(C)[C@]2(C=C(OC(=O)C(C)(C)C)CCC2)C1(C)C. The van der Waals surface area contributed by atoms with Gasteiger partial charge in [0.05, 0.1) is 17.1 Å².